The molecule has 6 heteroatoms. The Kier molecular flexibility index (Phi) is 6.49. The van der Waals surface area contributed by atoms with E-state index in [0.29, 0.717) is 13.0 Å². The molecular weight excluding hydrogens is 310 g/mol. The first kappa shape index (κ1) is 19.0. The maximum Gasteiger partial charge on any atom is 0.410 e. The molecular formula is C18H31NO5. The topological polar surface area (TPSA) is 65.1 Å². The highest BCUT2D eigenvalue weighted by molar-refractivity contribution is 5.71. The summed E-state index contributed by atoms with van der Waals surface area (Å²) in [5.41, 5.74) is -0.529. The second kappa shape index (κ2) is 8.19. The molecule has 138 valence electrons. The number of likely N-dealkylation sites (tertiary alicyclic amines) is 1. The molecule has 1 amide bonds. The van der Waals surface area contributed by atoms with Gasteiger partial charge in [0.15, 0.2) is 0 Å². The minimum Gasteiger partial charge on any atom is -0.460 e. The molecule has 3 atom stereocenters. The van der Waals surface area contributed by atoms with E-state index < -0.39 is 5.60 Å². The summed E-state index contributed by atoms with van der Waals surface area (Å²) in [4.78, 5) is 26.3. The third kappa shape index (κ3) is 5.65. The van der Waals surface area contributed by atoms with Gasteiger partial charge in [-0.15, -0.1) is 0 Å². The molecule has 0 N–H and O–H groups in total. The van der Waals surface area contributed by atoms with Crippen molar-refractivity contribution in [3.63, 3.8) is 0 Å². The third-order valence-corrected chi connectivity index (χ3v) is 4.45. The summed E-state index contributed by atoms with van der Waals surface area (Å²) in [5, 5.41) is 0. The van der Waals surface area contributed by atoms with Crippen molar-refractivity contribution >= 4 is 12.1 Å². The maximum absolute atomic E-state index is 12.4. The smallest absolute Gasteiger partial charge is 0.410 e. The van der Waals surface area contributed by atoms with Crippen LogP contribution in [-0.4, -0.2) is 54.0 Å². The Hall–Kier alpha value is -1.30. The predicted molar refractivity (Wildman–Crippen MR) is 89.7 cm³/mol. The summed E-state index contributed by atoms with van der Waals surface area (Å²) in [6, 6.07) is -0.123. The van der Waals surface area contributed by atoms with Crippen LogP contribution in [0.2, 0.25) is 0 Å². The average molecular weight is 341 g/mol. The van der Waals surface area contributed by atoms with E-state index in [0.717, 1.165) is 38.7 Å². The molecule has 0 aromatic rings. The Bertz CT molecular complexity index is 439. The first-order valence-corrected chi connectivity index (χ1v) is 9.07. The van der Waals surface area contributed by atoms with Gasteiger partial charge in [0.25, 0.3) is 0 Å². The molecule has 0 bridgehead atoms. The second-order valence-electron chi connectivity index (χ2n) is 7.77. The molecule has 0 spiro atoms. The van der Waals surface area contributed by atoms with Crippen molar-refractivity contribution < 1.29 is 23.8 Å². The molecule has 0 unspecified atom stereocenters. The minimum absolute atomic E-state index is 0.0157. The predicted octanol–water partition coefficient (Wildman–Crippen LogP) is 3.28. The van der Waals surface area contributed by atoms with Crippen molar-refractivity contribution in [2.45, 2.75) is 90.1 Å². The van der Waals surface area contributed by atoms with Crippen LogP contribution in [0.4, 0.5) is 4.79 Å². The molecule has 0 aromatic carbocycles. The summed E-state index contributed by atoms with van der Waals surface area (Å²) in [6.07, 6.45) is 4.33. The van der Waals surface area contributed by atoms with E-state index in [1.54, 1.807) is 4.90 Å². The zero-order valence-electron chi connectivity index (χ0n) is 15.4. The molecule has 2 fully saturated rings. The number of nitrogens with zero attached hydrogens (tertiary/aromatic N) is 1. The number of carbonyl (C=O) groups excluding carboxylic acids is 2. The van der Waals surface area contributed by atoms with Crippen molar-refractivity contribution in [1.29, 1.82) is 0 Å². The fraction of sp³-hybridized carbons (Fsp3) is 0.889. The van der Waals surface area contributed by atoms with Crippen LogP contribution in [0.25, 0.3) is 0 Å². The largest absolute Gasteiger partial charge is 0.460 e. The number of esters is 1. The first-order chi connectivity index (χ1) is 11.3. The van der Waals surface area contributed by atoms with Gasteiger partial charge in [0.1, 0.15) is 11.7 Å². The average Bonchev–Trinajstić information content (AvgIpc) is 2.98. The fourth-order valence-corrected chi connectivity index (χ4v) is 3.32. The molecule has 2 heterocycles. The summed E-state index contributed by atoms with van der Waals surface area (Å²) >= 11 is 0. The van der Waals surface area contributed by atoms with Gasteiger partial charge in [-0.3, -0.25) is 4.79 Å². The molecule has 0 radical (unpaired) electrons. The highest BCUT2D eigenvalue weighted by Crippen LogP contribution is 2.25. The lowest BCUT2D eigenvalue weighted by molar-refractivity contribution is -0.154. The number of ether oxygens (including phenoxy) is 3. The molecule has 2 aliphatic rings. The van der Waals surface area contributed by atoms with Gasteiger partial charge < -0.3 is 19.1 Å². The van der Waals surface area contributed by atoms with Gasteiger partial charge in [-0.25, -0.2) is 4.79 Å². The van der Waals surface area contributed by atoms with E-state index in [1.807, 2.05) is 27.7 Å². The Labute approximate surface area is 144 Å². The first-order valence-electron chi connectivity index (χ1n) is 9.07. The van der Waals surface area contributed by atoms with Crippen LogP contribution in [0, 0.1) is 0 Å². The summed E-state index contributed by atoms with van der Waals surface area (Å²) in [5.74, 6) is -0.246. The molecule has 0 saturated carbocycles. The number of amides is 1. The van der Waals surface area contributed by atoms with E-state index in [2.05, 4.69) is 0 Å². The maximum atomic E-state index is 12.4. The molecule has 6 nitrogen and oxygen atoms in total. The lowest BCUT2D eigenvalue weighted by atomic mass is 9.98. The van der Waals surface area contributed by atoms with Gasteiger partial charge in [-0.2, -0.15) is 0 Å². The Morgan fingerprint density at radius 1 is 1.21 bits per heavy atom. The van der Waals surface area contributed by atoms with Crippen LogP contribution in [0.3, 0.4) is 0 Å². The van der Waals surface area contributed by atoms with Crippen molar-refractivity contribution in [1.82, 2.24) is 4.90 Å². The van der Waals surface area contributed by atoms with Crippen molar-refractivity contribution in [3.05, 3.63) is 0 Å². The van der Waals surface area contributed by atoms with Crippen LogP contribution in [0.5, 0.6) is 0 Å². The lowest BCUT2D eigenvalue weighted by Gasteiger charge is -2.39. The van der Waals surface area contributed by atoms with Gasteiger partial charge in [0.2, 0.25) is 0 Å². The van der Waals surface area contributed by atoms with Gasteiger partial charge in [0.05, 0.1) is 18.6 Å². The van der Waals surface area contributed by atoms with Crippen LogP contribution in [0.1, 0.15) is 66.2 Å². The summed E-state index contributed by atoms with van der Waals surface area (Å²) < 4.78 is 16.6. The van der Waals surface area contributed by atoms with E-state index in [4.69, 9.17) is 14.2 Å². The van der Waals surface area contributed by atoms with Gasteiger partial charge in [-0.1, -0.05) is 0 Å². The highest BCUT2D eigenvalue weighted by Gasteiger charge is 2.35. The van der Waals surface area contributed by atoms with E-state index >= 15 is 0 Å². The fourth-order valence-electron chi connectivity index (χ4n) is 3.32. The standard InChI is InChI=1S/C18H31NO5/c1-13(23-16(20)12-14-8-7-11-22-14)15-9-5-6-10-19(15)17(21)24-18(2,3)4/h13-15H,5-12H2,1-4H3/t13-,14-,15+/m0/s1. The van der Waals surface area contributed by atoms with Crippen LogP contribution in [0.15, 0.2) is 0 Å². The zero-order chi connectivity index (χ0) is 17.7. The van der Waals surface area contributed by atoms with Gasteiger partial charge in [0, 0.05) is 13.2 Å². The normalized spacial score (nSPS) is 26.1. The SMILES string of the molecule is C[C@H](OC(=O)C[C@@H]1CCCO1)[C@H]1CCCCN1C(=O)OC(C)(C)C. The van der Waals surface area contributed by atoms with Gasteiger partial charge in [-0.05, 0) is 59.8 Å². The number of rotatable bonds is 4. The van der Waals surface area contributed by atoms with E-state index in [1.165, 1.54) is 0 Å². The molecule has 24 heavy (non-hydrogen) atoms. The van der Waals surface area contributed by atoms with Crippen LogP contribution < -0.4 is 0 Å². The van der Waals surface area contributed by atoms with E-state index in [9.17, 15) is 9.59 Å². The van der Waals surface area contributed by atoms with Crippen molar-refractivity contribution in [2.24, 2.45) is 0 Å². The van der Waals surface area contributed by atoms with E-state index in [-0.39, 0.29) is 30.3 Å². The van der Waals surface area contributed by atoms with Crippen molar-refractivity contribution in [3.8, 4) is 0 Å². The number of hydrogen-bond donors (Lipinski definition) is 0. The van der Waals surface area contributed by atoms with Crippen LogP contribution >= 0.6 is 0 Å². The number of piperidine rings is 1. The Morgan fingerprint density at radius 2 is 1.96 bits per heavy atom. The number of hydrogen-bond acceptors (Lipinski definition) is 5. The van der Waals surface area contributed by atoms with Crippen molar-refractivity contribution in [2.75, 3.05) is 13.2 Å². The Morgan fingerprint density at radius 3 is 2.58 bits per heavy atom. The summed E-state index contributed by atoms with van der Waals surface area (Å²) in [6.45, 7) is 8.80. The molecule has 0 aromatic heterocycles. The molecule has 2 rings (SSSR count). The minimum atomic E-state index is -0.529. The van der Waals surface area contributed by atoms with Gasteiger partial charge >= 0.3 is 12.1 Å². The Balaban J connectivity index is 1.90. The molecule has 2 saturated heterocycles. The highest BCUT2D eigenvalue weighted by atomic mass is 16.6. The summed E-state index contributed by atoms with van der Waals surface area (Å²) in [7, 11) is 0. The number of carbonyl (C=O) groups is 2. The van der Waals surface area contributed by atoms with Crippen LogP contribution in [-0.2, 0) is 19.0 Å². The zero-order valence-corrected chi connectivity index (χ0v) is 15.4. The lowest BCUT2D eigenvalue weighted by Crippen LogP contribution is -2.51. The third-order valence-electron chi connectivity index (χ3n) is 4.45. The molecule has 2 aliphatic heterocycles. The quantitative estimate of drug-likeness (QED) is 0.734. The second-order valence-corrected chi connectivity index (χ2v) is 7.77. The monoisotopic (exact) mass is 341 g/mol. The molecule has 0 aliphatic carbocycles.